The molecule has 1 amide bonds. The average Bonchev–Trinajstić information content (AvgIpc) is 3.41. The SMILES string of the molecule is Cn1ccnc1Sc1ccc(NC(=O)C(Cc2ccccc2)n2cnnn2)cc1. The number of hydrogen-bond donors (Lipinski definition) is 1. The van der Waals surface area contributed by atoms with Crippen LogP contribution in [0.5, 0.6) is 0 Å². The molecule has 146 valence electrons. The minimum atomic E-state index is -0.547. The van der Waals surface area contributed by atoms with Gasteiger partial charge in [-0.05, 0) is 40.3 Å². The van der Waals surface area contributed by atoms with Gasteiger partial charge in [-0.3, -0.25) is 4.79 Å². The summed E-state index contributed by atoms with van der Waals surface area (Å²) in [4.78, 5) is 18.3. The van der Waals surface area contributed by atoms with E-state index < -0.39 is 6.04 Å². The molecule has 1 N–H and O–H groups in total. The fourth-order valence-electron chi connectivity index (χ4n) is 2.84. The number of benzene rings is 2. The van der Waals surface area contributed by atoms with E-state index in [0.717, 1.165) is 15.6 Å². The van der Waals surface area contributed by atoms with E-state index in [1.54, 1.807) is 18.0 Å². The van der Waals surface area contributed by atoms with Gasteiger partial charge < -0.3 is 9.88 Å². The van der Waals surface area contributed by atoms with Crippen LogP contribution in [0.15, 0.2) is 83.4 Å². The molecule has 2 heterocycles. The van der Waals surface area contributed by atoms with Crippen molar-refractivity contribution in [1.82, 2.24) is 29.8 Å². The summed E-state index contributed by atoms with van der Waals surface area (Å²) in [6.45, 7) is 0. The number of tetrazole rings is 1. The molecule has 0 saturated heterocycles. The Morgan fingerprint density at radius 1 is 1.14 bits per heavy atom. The molecule has 1 atom stereocenters. The zero-order valence-electron chi connectivity index (χ0n) is 15.7. The van der Waals surface area contributed by atoms with Crippen LogP contribution >= 0.6 is 11.8 Å². The van der Waals surface area contributed by atoms with Gasteiger partial charge in [-0.1, -0.05) is 42.1 Å². The first-order valence-electron chi connectivity index (χ1n) is 9.01. The van der Waals surface area contributed by atoms with E-state index in [1.165, 1.54) is 11.0 Å². The van der Waals surface area contributed by atoms with Crippen molar-refractivity contribution in [2.45, 2.75) is 22.5 Å². The molecule has 0 radical (unpaired) electrons. The van der Waals surface area contributed by atoms with Crippen molar-refractivity contribution in [3.63, 3.8) is 0 Å². The van der Waals surface area contributed by atoms with E-state index in [0.29, 0.717) is 12.1 Å². The zero-order valence-corrected chi connectivity index (χ0v) is 16.5. The lowest BCUT2D eigenvalue weighted by molar-refractivity contribution is -0.119. The van der Waals surface area contributed by atoms with Crippen molar-refractivity contribution in [3.8, 4) is 0 Å². The Morgan fingerprint density at radius 2 is 1.93 bits per heavy atom. The minimum absolute atomic E-state index is 0.175. The number of nitrogens with one attached hydrogen (secondary N) is 1. The molecule has 4 rings (SSSR count). The first kappa shape index (κ1) is 18.9. The largest absolute Gasteiger partial charge is 0.329 e. The molecular weight excluding hydrogens is 386 g/mol. The summed E-state index contributed by atoms with van der Waals surface area (Å²) in [7, 11) is 1.95. The van der Waals surface area contributed by atoms with Gasteiger partial charge in [0.25, 0.3) is 0 Å². The lowest BCUT2D eigenvalue weighted by Crippen LogP contribution is -2.28. The van der Waals surface area contributed by atoms with Crippen LogP contribution in [-0.4, -0.2) is 35.7 Å². The lowest BCUT2D eigenvalue weighted by atomic mass is 10.1. The predicted octanol–water partition coefficient (Wildman–Crippen LogP) is 2.98. The molecule has 2 aromatic carbocycles. The number of carbonyl (C=O) groups is 1. The van der Waals surface area contributed by atoms with Gasteiger partial charge in [-0.15, -0.1) is 5.10 Å². The third-order valence-electron chi connectivity index (χ3n) is 4.37. The van der Waals surface area contributed by atoms with Gasteiger partial charge >= 0.3 is 0 Å². The Balaban J connectivity index is 1.46. The van der Waals surface area contributed by atoms with Crippen LogP contribution in [0.3, 0.4) is 0 Å². The number of anilines is 1. The van der Waals surface area contributed by atoms with Crippen molar-refractivity contribution in [3.05, 3.63) is 78.9 Å². The van der Waals surface area contributed by atoms with E-state index in [-0.39, 0.29) is 5.91 Å². The summed E-state index contributed by atoms with van der Waals surface area (Å²) in [6.07, 6.45) is 5.62. The lowest BCUT2D eigenvalue weighted by Gasteiger charge is -2.16. The monoisotopic (exact) mass is 405 g/mol. The maximum Gasteiger partial charge on any atom is 0.249 e. The highest BCUT2D eigenvalue weighted by molar-refractivity contribution is 7.99. The first-order valence-corrected chi connectivity index (χ1v) is 9.83. The van der Waals surface area contributed by atoms with Crippen LogP contribution < -0.4 is 5.32 Å². The Kier molecular flexibility index (Phi) is 5.66. The summed E-state index contributed by atoms with van der Waals surface area (Å²) >= 11 is 1.56. The third kappa shape index (κ3) is 4.69. The molecule has 0 spiro atoms. The van der Waals surface area contributed by atoms with Crippen molar-refractivity contribution in [2.24, 2.45) is 7.05 Å². The van der Waals surface area contributed by atoms with Crippen molar-refractivity contribution in [2.75, 3.05) is 5.32 Å². The molecule has 4 aromatic rings. The molecule has 0 aliphatic carbocycles. The number of rotatable bonds is 7. The highest BCUT2D eigenvalue weighted by Gasteiger charge is 2.22. The van der Waals surface area contributed by atoms with Gasteiger partial charge in [-0.2, -0.15) is 0 Å². The summed E-state index contributed by atoms with van der Waals surface area (Å²) in [6, 6.07) is 16.9. The van der Waals surface area contributed by atoms with Crippen molar-refractivity contribution >= 4 is 23.4 Å². The summed E-state index contributed by atoms with van der Waals surface area (Å²) in [5.41, 5.74) is 1.75. The molecular formula is C20H19N7OS. The van der Waals surface area contributed by atoms with Gasteiger partial charge in [0.05, 0.1) is 0 Å². The second-order valence-electron chi connectivity index (χ2n) is 6.43. The Labute approximate surface area is 172 Å². The fraction of sp³-hybridized carbons (Fsp3) is 0.150. The van der Waals surface area contributed by atoms with Gasteiger partial charge in [0.2, 0.25) is 5.91 Å². The van der Waals surface area contributed by atoms with E-state index in [1.807, 2.05) is 72.4 Å². The Hall–Kier alpha value is -3.46. The molecule has 0 bridgehead atoms. The minimum Gasteiger partial charge on any atom is -0.329 e. The number of aromatic nitrogens is 6. The Bertz CT molecular complexity index is 1060. The topological polar surface area (TPSA) is 90.5 Å². The summed E-state index contributed by atoms with van der Waals surface area (Å²) in [5, 5.41) is 15.1. The van der Waals surface area contributed by atoms with E-state index in [4.69, 9.17) is 0 Å². The summed E-state index contributed by atoms with van der Waals surface area (Å²) in [5.74, 6) is -0.175. The maximum absolute atomic E-state index is 13.0. The van der Waals surface area contributed by atoms with Crippen molar-refractivity contribution in [1.29, 1.82) is 0 Å². The number of hydrogen-bond acceptors (Lipinski definition) is 6. The molecule has 0 fully saturated rings. The van der Waals surface area contributed by atoms with Crippen molar-refractivity contribution < 1.29 is 4.79 Å². The third-order valence-corrected chi connectivity index (χ3v) is 5.45. The number of imidazole rings is 1. The highest BCUT2D eigenvalue weighted by Crippen LogP contribution is 2.27. The molecule has 0 aliphatic heterocycles. The van der Waals surface area contributed by atoms with Crippen LogP contribution in [0.1, 0.15) is 11.6 Å². The van der Waals surface area contributed by atoms with Crippen LogP contribution in [0.25, 0.3) is 0 Å². The number of nitrogens with zero attached hydrogens (tertiary/aromatic N) is 6. The zero-order chi connectivity index (χ0) is 20.1. The second-order valence-corrected chi connectivity index (χ2v) is 7.47. The van der Waals surface area contributed by atoms with Gasteiger partial charge in [-0.25, -0.2) is 9.67 Å². The number of amides is 1. The number of carbonyl (C=O) groups excluding carboxylic acids is 1. The standard InChI is InChI=1S/C20H19N7OS/c1-26-12-11-21-20(26)29-17-9-7-16(8-10-17)23-19(28)18(27-14-22-24-25-27)13-15-5-3-2-4-6-15/h2-12,14,18H,13H2,1H3,(H,23,28). The molecule has 0 saturated carbocycles. The molecule has 1 unspecified atom stereocenters. The highest BCUT2D eigenvalue weighted by atomic mass is 32.2. The molecule has 8 nitrogen and oxygen atoms in total. The quantitative estimate of drug-likeness (QED) is 0.508. The van der Waals surface area contributed by atoms with Gasteiger partial charge in [0.15, 0.2) is 5.16 Å². The molecule has 9 heteroatoms. The van der Waals surface area contributed by atoms with E-state index in [2.05, 4.69) is 25.8 Å². The van der Waals surface area contributed by atoms with Crippen LogP contribution in [0.2, 0.25) is 0 Å². The van der Waals surface area contributed by atoms with E-state index >= 15 is 0 Å². The maximum atomic E-state index is 13.0. The van der Waals surface area contributed by atoms with E-state index in [9.17, 15) is 4.79 Å². The molecule has 0 aliphatic rings. The van der Waals surface area contributed by atoms with Gasteiger partial charge in [0.1, 0.15) is 12.4 Å². The smallest absolute Gasteiger partial charge is 0.249 e. The normalized spacial score (nSPS) is 11.9. The fourth-order valence-corrected chi connectivity index (χ4v) is 3.64. The van der Waals surface area contributed by atoms with Crippen LogP contribution in [0.4, 0.5) is 5.69 Å². The van der Waals surface area contributed by atoms with Gasteiger partial charge in [0, 0.05) is 36.4 Å². The summed E-state index contributed by atoms with van der Waals surface area (Å²) < 4.78 is 3.44. The molecule has 2 aromatic heterocycles. The van der Waals surface area contributed by atoms with Crippen LogP contribution in [-0.2, 0) is 18.3 Å². The van der Waals surface area contributed by atoms with Crippen LogP contribution in [0, 0.1) is 0 Å². The predicted molar refractivity (Wildman–Crippen MR) is 109 cm³/mol. The first-order chi connectivity index (χ1) is 14.2. The Morgan fingerprint density at radius 3 is 2.59 bits per heavy atom. The average molecular weight is 405 g/mol. The number of aryl methyl sites for hydroxylation is 1. The second kappa shape index (κ2) is 8.70. The molecule has 29 heavy (non-hydrogen) atoms.